The summed E-state index contributed by atoms with van der Waals surface area (Å²) < 4.78 is 40.9. The van der Waals surface area contributed by atoms with E-state index in [4.69, 9.17) is 5.73 Å². The van der Waals surface area contributed by atoms with E-state index in [0.717, 1.165) is 28.9 Å². The minimum atomic E-state index is -0.759. The van der Waals surface area contributed by atoms with Gasteiger partial charge < -0.3 is 5.73 Å². The Balaban J connectivity index is 2.14. The van der Waals surface area contributed by atoms with Gasteiger partial charge in [0.15, 0.2) is 5.82 Å². The maximum absolute atomic E-state index is 13.3. The summed E-state index contributed by atoms with van der Waals surface area (Å²) in [6.07, 6.45) is 0. The number of aromatic nitrogens is 4. The summed E-state index contributed by atoms with van der Waals surface area (Å²) in [4.78, 5) is 0. The topological polar surface area (TPSA) is 69.6 Å². The van der Waals surface area contributed by atoms with Gasteiger partial charge in [-0.2, -0.15) is 4.68 Å². The van der Waals surface area contributed by atoms with Crippen molar-refractivity contribution in [3.05, 3.63) is 53.8 Å². The van der Waals surface area contributed by atoms with E-state index in [-0.39, 0.29) is 17.2 Å². The SMILES string of the molecule is Nc1cc(-c2nnnn2-c2cc(F)cc(F)c2)ccc1F. The molecule has 0 unspecified atom stereocenters. The van der Waals surface area contributed by atoms with Gasteiger partial charge in [0.05, 0.1) is 11.4 Å². The van der Waals surface area contributed by atoms with E-state index < -0.39 is 17.5 Å². The summed E-state index contributed by atoms with van der Waals surface area (Å²) in [5.41, 5.74) is 5.94. The lowest BCUT2D eigenvalue weighted by atomic mass is 10.2. The predicted molar refractivity (Wildman–Crippen MR) is 68.9 cm³/mol. The summed E-state index contributed by atoms with van der Waals surface area (Å²) >= 11 is 0. The van der Waals surface area contributed by atoms with Gasteiger partial charge in [0.2, 0.25) is 0 Å². The lowest BCUT2D eigenvalue weighted by Crippen LogP contribution is -2.02. The summed E-state index contributed by atoms with van der Waals surface area (Å²) in [6.45, 7) is 0. The molecule has 0 saturated heterocycles. The zero-order chi connectivity index (χ0) is 15.0. The number of tetrazole rings is 1. The van der Waals surface area contributed by atoms with Crippen molar-refractivity contribution < 1.29 is 13.2 Å². The van der Waals surface area contributed by atoms with Crippen LogP contribution in [0.2, 0.25) is 0 Å². The van der Waals surface area contributed by atoms with Gasteiger partial charge in [0, 0.05) is 11.6 Å². The molecule has 0 saturated carbocycles. The van der Waals surface area contributed by atoms with Crippen molar-refractivity contribution in [2.45, 2.75) is 0 Å². The first-order chi connectivity index (χ1) is 10.0. The minimum absolute atomic E-state index is 0.0764. The number of nitrogens with two attached hydrogens (primary N) is 1. The van der Waals surface area contributed by atoms with Crippen molar-refractivity contribution in [2.75, 3.05) is 5.73 Å². The molecule has 106 valence electrons. The van der Waals surface area contributed by atoms with E-state index in [1.165, 1.54) is 12.1 Å². The van der Waals surface area contributed by atoms with Gasteiger partial charge in [-0.05, 0) is 40.8 Å². The standard InChI is InChI=1S/C13H8F3N5/c14-8-4-9(15)6-10(5-8)21-13(18-19-20-21)7-1-2-11(16)12(17)3-7/h1-6H,17H2. The van der Waals surface area contributed by atoms with Gasteiger partial charge in [-0.15, -0.1) is 5.10 Å². The lowest BCUT2D eigenvalue weighted by molar-refractivity contribution is 0.579. The van der Waals surface area contributed by atoms with Gasteiger partial charge in [-0.25, -0.2) is 13.2 Å². The Morgan fingerprint density at radius 1 is 0.952 bits per heavy atom. The van der Waals surface area contributed by atoms with Gasteiger partial charge in [0.1, 0.15) is 17.5 Å². The molecule has 3 aromatic rings. The Bertz CT molecular complexity index is 795. The van der Waals surface area contributed by atoms with Crippen LogP contribution in [-0.2, 0) is 0 Å². The molecule has 0 aliphatic heterocycles. The molecule has 0 atom stereocenters. The van der Waals surface area contributed by atoms with Crippen LogP contribution in [0.5, 0.6) is 0 Å². The van der Waals surface area contributed by atoms with Crippen molar-refractivity contribution in [2.24, 2.45) is 0 Å². The predicted octanol–water partition coefficient (Wildman–Crippen LogP) is 2.33. The maximum Gasteiger partial charge on any atom is 0.187 e. The molecule has 0 radical (unpaired) electrons. The number of rotatable bonds is 2. The second kappa shape index (κ2) is 4.89. The molecule has 0 bridgehead atoms. The average Bonchev–Trinajstić information content (AvgIpc) is 2.90. The van der Waals surface area contributed by atoms with Crippen molar-refractivity contribution in [3.63, 3.8) is 0 Å². The van der Waals surface area contributed by atoms with E-state index in [1.54, 1.807) is 0 Å². The lowest BCUT2D eigenvalue weighted by Gasteiger charge is -2.06. The molecule has 5 nitrogen and oxygen atoms in total. The van der Waals surface area contributed by atoms with Crippen LogP contribution in [0.1, 0.15) is 0 Å². The van der Waals surface area contributed by atoms with Crippen LogP contribution in [0.15, 0.2) is 36.4 Å². The molecule has 1 heterocycles. The van der Waals surface area contributed by atoms with E-state index in [0.29, 0.717) is 5.56 Å². The average molecular weight is 291 g/mol. The highest BCUT2D eigenvalue weighted by Crippen LogP contribution is 2.23. The molecule has 3 rings (SSSR count). The third-order valence-electron chi connectivity index (χ3n) is 2.82. The fourth-order valence-corrected chi connectivity index (χ4v) is 1.89. The van der Waals surface area contributed by atoms with Gasteiger partial charge in [-0.1, -0.05) is 0 Å². The molecule has 2 N–H and O–H groups in total. The molecule has 21 heavy (non-hydrogen) atoms. The zero-order valence-electron chi connectivity index (χ0n) is 10.5. The van der Waals surface area contributed by atoms with Crippen LogP contribution in [0, 0.1) is 17.5 Å². The van der Waals surface area contributed by atoms with E-state index >= 15 is 0 Å². The molecule has 0 amide bonds. The molecule has 0 aliphatic rings. The number of nitrogen functional groups attached to an aromatic ring is 1. The summed E-state index contributed by atoms with van der Waals surface area (Å²) in [7, 11) is 0. The Kier molecular flexibility index (Phi) is 3.05. The molecule has 8 heteroatoms. The van der Waals surface area contributed by atoms with Crippen molar-refractivity contribution in [1.82, 2.24) is 20.2 Å². The Morgan fingerprint density at radius 3 is 2.33 bits per heavy atom. The molecule has 0 aliphatic carbocycles. The highest BCUT2D eigenvalue weighted by Gasteiger charge is 2.13. The second-order valence-electron chi connectivity index (χ2n) is 4.28. The van der Waals surface area contributed by atoms with Crippen LogP contribution in [0.4, 0.5) is 18.9 Å². The number of halogens is 3. The van der Waals surface area contributed by atoms with Crippen LogP contribution < -0.4 is 5.73 Å². The molecular weight excluding hydrogens is 283 g/mol. The molecular formula is C13H8F3N5. The molecule has 0 fully saturated rings. The third kappa shape index (κ3) is 2.42. The van der Waals surface area contributed by atoms with E-state index in [1.807, 2.05) is 0 Å². The van der Waals surface area contributed by atoms with Crippen LogP contribution in [0.3, 0.4) is 0 Å². The second-order valence-corrected chi connectivity index (χ2v) is 4.28. The first kappa shape index (κ1) is 13.1. The number of benzene rings is 2. The quantitative estimate of drug-likeness (QED) is 0.736. The fraction of sp³-hybridized carbons (Fsp3) is 0. The van der Waals surface area contributed by atoms with Crippen molar-refractivity contribution in [3.8, 4) is 17.1 Å². The molecule has 1 aromatic heterocycles. The largest absolute Gasteiger partial charge is 0.396 e. The van der Waals surface area contributed by atoms with Gasteiger partial charge >= 0.3 is 0 Å². The number of nitrogens with zero attached hydrogens (tertiary/aromatic N) is 4. The first-order valence-corrected chi connectivity index (χ1v) is 5.85. The number of anilines is 1. The maximum atomic E-state index is 13.3. The zero-order valence-corrected chi connectivity index (χ0v) is 10.5. The van der Waals surface area contributed by atoms with Gasteiger partial charge in [-0.3, -0.25) is 0 Å². The smallest absolute Gasteiger partial charge is 0.187 e. The van der Waals surface area contributed by atoms with Crippen LogP contribution in [0.25, 0.3) is 17.1 Å². The number of hydrogen-bond donors (Lipinski definition) is 1. The molecule has 2 aromatic carbocycles. The van der Waals surface area contributed by atoms with Crippen LogP contribution in [-0.4, -0.2) is 20.2 Å². The van der Waals surface area contributed by atoms with E-state index in [2.05, 4.69) is 15.5 Å². The number of hydrogen-bond acceptors (Lipinski definition) is 4. The van der Waals surface area contributed by atoms with Crippen molar-refractivity contribution >= 4 is 5.69 Å². The summed E-state index contributed by atoms with van der Waals surface area (Å²) in [5, 5.41) is 10.9. The molecule has 0 spiro atoms. The first-order valence-electron chi connectivity index (χ1n) is 5.85. The monoisotopic (exact) mass is 291 g/mol. The Morgan fingerprint density at radius 2 is 1.67 bits per heavy atom. The fourth-order valence-electron chi connectivity index (χ4n) is 1.89. The Hall–Kier alpha value is -2.90. The van der Waals surface area contributed by atoms with Crippen LogP contribution >= 0.6 is 0 Å². The highest BCUT2D eigenvalue weighted by molar-refractivity contribution is 5.62. The van der Waals surface area contributed by atoms with Crippen molar-refractivity contribution in [1.29, 1.82) is 0 Å². The normalized spacial score (nSPS) is 10.8. The Labute approximate surface area is 116 Å². The highest BCUT2D eigenvalue weighted by atomic mass is 19.1. The van der Waals surface area contributed by atoms with Gasteiger partial charge in [0.25, 0.3) is 0 Å². The van der Waals surface area contributed by atoms with E-state index in [9.17, 15) is 13.2 Å². The summed E-state index contributed by atoms with van der Waals surface area (Å²) in [6, 6.07) is 6.82. The summed E-state index contributed by atoms with van der Waals surface area (Å²) in [5.74, 6) is -1.91. The minimum Gasteiger partial charge on any atom is -0.396 e. The third-order valence-corrected chi connectivity index (χ3v) is 2.82.